The number of hydrogen-bond donors (Lipinski definition) is 1. The molecule has 9 heteroatoms. The van der Waals surface area contributed by atoms with Crippen molar-refractivity contribution in [3.8, 4) is 17.2 Å². The van der Waals surface area contributed by atoms with Crippen molar-refractivity contribution >= 4 is 18.2 Å². The number of ether oxygens (including phenoxy) is 4. The summed E-state index contributed by atoms with van der Waals surface area (Å²) in [7, 11) is 1.58. The quantitative estimate of drug-likeness (QED) is 0.164. The standard InChI is InChI=1S/C31H45N3O6/c1-22(2)34(23(3)4)29(35)25-14-17-27(28(20-25)37-8)39-19-11-9-10-18-38-26-15-12-24(13-16-26)21-32-33-30(36)40-31(5,6)7/h12-17,20-23H,9-11,18-19H2,1-8H3,(H,33,36). The summed E-state index contributed by atoms with van der Waals surface area (Å²) in [5, 5.41) is 3.90. The van der Waals surface area contributed by atoms with E-state index in [2.05, 4.69) is 10.5 Å². The van der Waals surface area contributed by atoms with E-state index >= 15 is 0 Å². The Balaban J connectivity index is 1.71. The molecule has 0 fully saturated rings. The second-order valence-electron chi connectivity index (χ2n) is 11.0. The van der Waals surface area contributed by atoms with Crippen molar-refractivity contribution in [3.63, 3.8) is 0 Å². The smallest absolute Gasteiger partial charge is 0.428 e. The zero-order valence-corrected chi connectivity index (χ0v) is 25.2. The number of rotatable bonds is 14. The van der Waals surface area contributed by atoms with E-state index < -0.39 is 11.7 Å². The third-order valence-corrected chi connectivity index (χ3v) is 5.72. The Bertz CT molecular complexity index is 1100. The lowest BCUT2D eigenvalue weighted by Crippen LogP contribution is -2.42. The van der Waals surface area contributed by atoms with Gasteiger partial charge in [0.05, 0.1) is 26.5 Å². The van der Waals surface area contributed by atoms with Gasteiger partial charge in [0.2, 0.25) is 0 Å². The predicted octanol–water partition coefficient (Wildman–Crippen LogP) is 6.44. The van der Waals surface area contributed by atoms with Gasteiger partial charge in [-0.1, -0.05) is 0 Å². The van der Waals surface area contributed by atoms with Gasteiger partial charge < -0.3 is 23.8 Å². The molecule has 0 aromatic heterocycles. The predicted molar refractivity (Wildman–Crippen MR) is 158 cm³/mol. The Morgan fingerprint density at radius 2 is 1.52 bits per heavy atom. The fraction of sp³-hybridized carbons (Fsp3) is 0.516. The minimum atomic E-state index is -0.599. The molecule has 0 bridgehead atoms. The summed E-state index contributed by atoms with van der Waals surface area (Å²) in [4.78, 5) is 26.5. The molecule has 0 aliphatic carbocycles. The lowest BCUT2D eigenvalue weighted by atomic mass is 10.1. The van der Waals surface area contributed by atoms with Crippen molar-refractivity contribution < 1.29 is 28.5 Å². The van der Waals surface area contributed by atoms with Gasteiger partial charge in [0, 0.05) is 17.6 Å². The summed E-state index contributed by atoms with van der Waals surface area (Å²) < 4.78 is 22.4. The van der Waals surface area contributed by atoms with Crippen LogP contribution < -0.4 is 19.6 Å². The molecular weight excluding hydrogens is 510 g/mol. The Morgan fingerprint density at radius 3 is 2.10 bits per heavy atom. The van der Waals surface area contributed by atoms with Crippen LogP contribution in [-0.4, -0.2) is 61.1 Å². The lowest BCUT2D eigenvalue weighted by molar-refractivity contribution is 0.0528. The summed E-state index contributed by atoms with van der Waals surface area (Å²) in [5.41, 5.74) is 3.18. The molecule has 0 aliphatic rings. The van der Waals surface area contributed by atoms with Crippen LogP contribution in [0.25, 0.3) is 0 Å². The first-order valence-corrected chi connectivity index (χ1v) is 13.8. The van der Waals surface area contributed by atoms with Crippen LogP contribution in [0.15, 0.2) is 47.6 Å². The van der Waals surface area contributed by atoms with Crippen molar-refractivity contribution in [2.75, 3.05) is 20.3 Å². The third-order valence-electron chi connectivity index (χ3n) is 5.72. The monoisotopic (exact) mass is 555 g/mol. The van der Waals surface area contributed by atoms with Crippen LogP contribution in [0.4, 0.5) is 4.79 Å². The molecule has 0 saturated heterocycles. The van der Waals surface area contributed by atoms with Gasteiger partial charge >= 0.3 is 6.09 Å². The number of nitrogens with zero attached hydrogens (tertiary/aromatic N) is 2. The van der Waals surface area contributed by atoms with Crippen LogP contribution in [0.2, 0.25) is 0 Å². The summed E-state index contributed by atoms with van der Waals surface area (Å²) in [6.07, 6.45) is 3.63. The van der Waals surface area contributed by atoms with Crippen molar-refractivity contribution in [1.82, 2.24) is 10.3 Å². The number of hydrazone groups is 1. The van der Waals surface area contributed by atoms with Gasteiger partial charge in [-0.3, -0.25) is 4.79 Å². The molecule has 9 nitrogen and oxygen atoms in total. The van der Waals surface area contributed by atoms with Crippen molar-refractivity contribution in [2.24, 2.45) is 5.10 Å². The first kappa shape index (κ1) is 32.5. The minimum absolute atomic E-state index is 0.0205. The Hall–Kier alpha value is -3.75. The maximum absolute atomic E-state index is 13.0. The number of methoxy groups -OCH3 is 1. The van der Waals surface area contributed by atoms with Crippen LogP contribution in [-0.2, 0) is 4.74 Å². The molecule has 0 spiro atoms. The zero-order chi connectivity index (χ0) is 29.7. The average Bonchev–Trinajstić information content (AvgIpc) is 2.87. The molecule has 0 saturated carbocycles. The van der Waals surface area contributed by atoms with Gasteiger partial charge in [-0.15, -0.1) is 0 Å². The van der Waals surface area contributed by atoms with Gasteiger partial charge in [0.15, 0.2) is 11.5 Å². The first-order chi connectivity index (χ1) is 18.9. The van der Waals surface area contributed by atoms with Crippen LogP contribution in [0.5, 0.6) is 17.2 Å². The topological polar surface area (TPSA) is 98.7 Å². The van der Waals surface area contributed by atoms with Crippen molar-refractivity contribution in [3.05, 3.63) is 53.6 Å². The van der Waals surface area contributed by atoms with Crippen LogP contribution >= 0.6 is 0 Å². The highest BCUT2D eigenvalue weighted by Gasteiger charge is 2.22. The summed E-state index contributed by atoms with van der Waals surface area (Å²) in [5.74, 6) is 1.92. The summed E-state index contributed by atoms with van der Waals surface area (Å²) >= 11 is 0. The molecular formula is C31H45N3O6. The molecule has 0 heterocycles. The Labute approximate surface area is 238 Å². The van der Waals surface area contributed by atoms with Gasteiger partial charge in [0.1, 0.15) is 11.4 Å². The van der Waals surface area contributed by atoms with Crippen LogP contribution in [0, 0.1) is 0 Å². The number of benzene rings is 2. The molecule has 2 amide bonds. The van der Waals surface area contributed by atoms with Crippen LogP contribution in [0.3, 0.4) is 0 Å². The molecule has 1 N–H and O–H groups in total. The average molecular weight is 556 g/mol. The normalized spacial score (nSPS) is 11.6. The Morgan fingerprint density at radius 1 is 0.900 bits per heavy atom. The number of hydrogen-bond acceptors (Lipinski definition) is 7. The maximum atomic E-state index is 13.0. The highest BCUT2D eigenvalue weighted by atomic mass is 16.6. The molecule has 2 aromatic carbocycles. The van der Waals surface area contributed by atoms with E-state index in [0.29, 0.717) is 30.3 Å². The largest absolute Gasteiger partial charge is 0.494 e. The highest BCUT2D eigenvalue weighted by molar-refractivity contribution is 5.95. The Kier molecular flexibility index (Phi) is 12.8. The SMILES string of the molecule is COc1cc(C(=O)N(C(C)C)C(C)C)ccc1OCCCCCOc1ccc(C=NNC(=O)OC(C)(C)C)cc1. The molecule has 40 heavy (non-hydrogen) atoms. The second-order valence-corrected chi connectivity index (χ2v) is 11.0. The molecule has 0 aliphatic heterocycles. The van der Waals surface area contributed by atoms with E-state index in [9.17, 15) is 9.59 Å². The summed E-state index contributed by atoms with van der Waals surface area (Å²) in [6, 6.07) is 13.0. The van der Waals surface area contributed by atoms with Crippen molar-refractivity contribution in [2.45, 2.75) is 85.4 Å². The van der Waals surface area contributed by atoms with Gasteiger partial charge in [-0.05, 0) is 116 Å². The first-order valence-electron chi connectivity index (χ1n) is 13.8. The molecule has 2 aromatic rings. The van der Waals surface area contributed by atoms with E-state index in [1.807, 2.05) is 56.9 Å². The number of carbonyl (C=O) groups excluding carboxylic acids is 2. The number of unbranched alkanes of at least 4 members (excludes halogenated alkanes) is 2. The molecule has 0 radical (unpaired) electrons. The molecule has 220 valence electrons. The van der Waals surface area contributed by atoms with Gasteiger partial charge in [-0.25, -0.2) is 10.2 Å². The maximum Gasteiger partial charge on any atom is 0.428 e. The van der Waals surface area contributed by atoms with E-state index in [4.69, 9.17) is 18.9 Å². The van der Waals surface area contributed by atoms with Gasteiger partial charge in [-0.2, -0.15) is 5.10 Å². The lowest BCUT2D eigenvalue weighted by Gasteiger charge is -2.31. The van der Waals surface area contributed by atoms with E-state index in [0.717, 1.165) is 30.6 Å². The number of amides is 2. The number of nitrogens with one attached hydrogen (secondary N) is 1. The van der Waals surface area contributed by atoms with E-state index in [-0.39, 0.29) is 18.0 Å². The molecule has 2 rings (SSSR count). The summed E-state index contributed by atoms with van der Waals surface area (Å²) in [6.45, 7) is 14.6. The zero-order valence-electron chi connectivity index (χ0n) is 25.2. The molecule has 0 atom stereocenters. The molecule has 0 unspecified atom stereocenters. The second kappa shape index (κ2) is 15.7. The third kappa shape index (κ3) is 11.2. The minimum Gasteiger partial charge on any atom is -0.494 e. The van der Waals surface area contributed by atoms with E-state index in [1.165, 1.54) is 0 Å². The van der Waals surface area contributed by atoms with Gasteiger partial charge in [0.25, 0.3) is 5.91 Å². The van der Waals surface area contributed by atoms with Crippen molar-refractivity contribution in [1.29, 1.82) is 0 Å². The van der Waals surface area contributed by atoms with Crippen LogP contribution in [0.1, 0.15) is 83.7 Å². The fourth-order valence-corrected chi connectivity index (χ4v) is 4.00. The number of carbonyl (C=O) groups is 2. The fourth-order valence-electron chi connectivity index (χ4n) is 4.00. The highest BCUT2D eigenvalue weighted by Crippen LogP contribution is 2.29. The van der Waals surface area contributed by atoms with E-state index in [1.54, 1.807) is 52.3 Å².